The van der Waals surface area contributed by atoms with Gasteiger partial charge in [0.05, 0.1) is 0 Å². The van der Waals surface area contributed by atoms with Gasteiger partial charge in [-0.1, -0.05) is 28.1 Å². The molecule has 0 aromatic heterocycles. The molecule has 0 unspecified atom stereocenters. The van der Waals surface area contributed by atoms with Crippen molar-refractivity contribution in [3.8, 4) is 0 Å². The van der Waals surface area contributed by atoms with Crippen LogP contribution in [-0.4, -0.2) is 36.2 Å². The van der Waals surface area contributed by atoms with Crippen molar-refractivity contribution in [3.63, 3.8) is 0 Å². The van der Waals surface area contributed by atoms with Gasteiger partial charge >= 0.3 is 6.09 Å². The van der Waals surface area contributed by atoms with Crippen molar-refractivity contribution in [2.45, 2.75) is 45.8 Å². The van der Waals surface area contributed by atoms with Crippen LogP contribution in [0.5, 0.6) is 0 Å². The minimum atomic E-state index is -0.417. The molecular weight excluding hydrogens is 356 g/mol. The lowest BCUT2D eigenvalue weighted by Crippen LogP contribution is -2.43. The van der Waals surface area contributed by atoms with Gasteiger partial charge in [0.2, 0.25) is 0 Å². The lowest BCUT2D eigenvalue weighted by atomic mass is 9.97. The molecule has 2 rings (SSSR count). The van der Waals surface area contributed by atoms with E-state index in [0.29, 0.717) is 5.92 Å². The minimum Gasteiger partial charge on any atom is -0.444 e. The Kier molecular flexibility index (Phi) is 6.48. The molecule has 1 amide bonds. The first-order valence-electron chi connectivity index (χ1n) is 8.26. The molecule has 5 heteroatoms. The maximum Gasteiger partial charge on any atom is 0.410 e. The van der Waals surface area contributed by atoms with Crippen LogP contribution in [0.15, 0.2) is 28.7 Å². The number of ether oxygens (including phenoxy) is 1. The van der Waals surface area contributed by atoms with E-state index in [0.717, 1.165) is 43.5 Å². The summed E-state index contributed by atoms with van der Waals surface area (Å²) in [6.07, 6.45) is 1.88. The molecule has 0 bridgehead atoms. The molecule has 1 heterocycles. The van der Waals surface area contributed by atoms with E-state index >= 15 is 0 Å². The smallest absolute Gasteiger partial charge is 0.410 e. The van der Waals surface area contributed by atoms with Crippen LogP contribution in [0, 0.1) is 5.92 Å². The van der Waals surface area contributed by atoms with Gasteiger partial charge in [-0.2, -0.15) is 0 Å². The first-order valence-corrected chi connectivity index (χ1v) is 9.06. The zero-order valence-corrected chi connectivity index (χ0v) is 15.9. The predicted molar refractivity (Wildman–Crippen MR) is 96.4 cm³/mol. The number of hydrogen-bond acceptors (Lipinski definition) is 3. The zero-order valence-electron chi connectivity index (χ0n) is 14.3. The lowest BCUT2D eigenvalue weighted by molar-refractivity contribution is 0.0184. The lowest BCUT2D eigenvalue weighted by Gasteiger charge is -2.33. The van der Waals surface area contributed by atoms with E-state index in [1.165, 1.54) is 5.56 Å². The van der Waals surface area contributed by atoms with Gasteiger partial charge in [0.15, 0.2) is 0 Å². The van der Waals surface area contributed by atoms with Crippen LogP contribution < -0.4 is 5.32 Å². The molecule has 1 fully saturated rings. The van der Waals surface area contributed by atoms with E-state index in [9.17, 15) is 4.79 Å². The van der Waals surface area contributed by atoms with Crippen molar-refractivity contribution in [3.05, 3.63) is 34.3 Å². The van der Waals surface area contributed by atoms with Gasteiger partial charge in [0.1, 0.15) is 5.60 Å². The molecule has 1 aromatic rings. The van der Waals surface area contributed by atoms with E-state index in [1.54, 1.807) is 0 Å². The number of nitrogens with one attached hydrogen (secondary N) is 1. The number of carbonyl (C=O) groups excluding carboxylic acids is 1. The van der Waals surface area contributed by atoms with Gasteiger partial charge in [-0.3, -0.25) is 0 Å². The average molecular weight is 383 g/mol. The van der Waals surface area contributed by atoms with Crippen molar-refractivity contribution in [1.82, 2.24) is 10.2 Å². The molecule has 1 N–H and O–H groups in total. The highest BCUT2D eigenvalue weighted by atomic mass is 79.9. The van der Waals surface area contributed by atoms with Crippen LogP contribution in [-0.2, 0) is 11.3 Å². The highest BCUT2D eigenvalue weighted by Crippen LogP contribution is 2.19. The quantitative estimate of drug-likeness (QED) is 0.848. The second kappa shape index (κ2) is 8.15. The molecular formula is C18H27BrN2O2. The second-order valence-corrected chi connectivity index (χ2v) is 8.09. The molecule has 23 heavy (non-hydrogen) atoms. The van der Waals surface area contributed by atoms with Crippen molar-refractivity contribution in [2.24, 2.45) is 5.92 Å². The molecule has 1 aromatic carbocycles. The molecule has 1 aliphatic rings. The van der Waals surface area contributed by atoms with E-state index in [1.807, 2.05) is 31.7 Å². The molecule has 0 saturated carbocycles. The third kappa shape index (κ3) is 6.51. The fourth-order valence-corrected chi connectivity index (χ4v) is 3.16. The Morgan fingerprint density at radius 1 is 1.35 bits per heavy atom. The maximum absolute atomic E-state index is 12.0. The Hall–Kier alpha value is -1.07. The highest BCUT2D eigenvalue weighted by Gasteiger charge is 2.26. The van der Waals surface area contributed by atoms with Crippen LogP contribution in [0.4, 0.5) is 4.79 Å². The number of halogens is 1. The molecule has 1 saturated heterocycles. The van der Waals surface area contributed by atoms with E-state index in [4.69, 9.17) is 4.74 Å². The Bertz CT molecular complexity index is 520. The van der Waals surface area contributed by atoms with Gasteiger partial charge < -0.3 is 15.0 Å². The Labute approximate surface area is 147 Å². The Morgan fingerprint density at radius 3 is 2.65 bits per heavy atom. The van der Waals surface area contributed by atoms with Crippen LogP contribution in [0.3, 0.4) is 0 Å². The molecule has 4 nitrogen and oxygen atoms in total. The highest BCUT2D eigenvalue weighted by molar-refractivity contribution is 9.10. The van der Waals surface area contributed by atoms with Crippen LogP contribution in [0.1, 0.15) is 39.2 Å². The van der Waals surface area contributed by atoms with Crippen molar-refractivity contribution in [1.29, 1.82) is 0 Å². The summed E-state index contributed by atoms with van der Waals surface area (Å²) in [6, 6.07) is 8.36. The van der Waals surface area contributed by atoms with Crippen molar-refractivity contribution >= 4 is 22.0 Å². The summed E-state index contributed by atoms with van der Waals surface area (Å²) >= 11 is 3.49. The molecule has 0 aliphatic carbocycles. The average Bonchev–Trinajstić information content (AvgIpc) is 2.46. The van der Waals surface area contributed by atoms with Crippen LogP contribution >= 0.6 is 15.9 Å². The monoisotopic (exact) mass is 382 g/mol. The number of nitrogens with zero attached hydrogens (tertiary/aromatic N) is 1. The Balaban J connectivity index is 1.68. The van der Waals surface area contributed by atoms with Crippen LogP contribution in [0.25, 0.3) is 0 Å². The summed E-state index contributed by atoms with van der Waals surface area (Å²) in [5.41, 5.74) is 0.866. The largest absolute Gasteiger partial charge is 0.444 e. The number of likely N-dealkylation sites (tertiary alicyclic amines) is 1. The summed E-state index contributed by atoms with van der Waals surface area (Å²) in [7, 11) is 0. The topological polar surface area (TPSA) is 41.6 Å². The number of hydrogen-bond donors (Lipinski definition) is 1. The number of rotatable bonds is 4. The molecule has 128 valence electrons. The van der Waals surface area contributed by atoms with E-state index in [2.05, 4.69) is 39.4 Å². The van der Waals surface area contributed by atoms with Crippen LogP contribution in [0.2, 0.25) is 0 Å². The van der Waals surface area contributed by atoms with Gasteiger partial charge in [0.25, 0.3) is 0 Å². The van der Waals surface area contributed by atoms with E-state index < -0.39 is 5.60 Å². The predicted octanol–water partition coefficient (Wildman–Crippen LogP) is 4.19. The number of piperidine rings is 1. The first kappa shape index (κ1) is 18.3. The second-order valence-electron chi connectivity index (χ2n) is 7.17. The molecule has 0 atom stereocenters. The van der Waals surface area contributed by atoms with Gasteiger partial charge in [-0.05, 0) is 63.8 Å². The summed E-state index contributed by atoms with van der Waals surface area (Å²) in [6.45, 7) is 9.17. The first-order chi connectivity index (χ1) is 10.8. The molecule has 0 spiro atoms. The maximum atomic E-state index is 12.0. The third-order valence-corrected chi connectivity index (χ3v) is 4.41. The van der Waals surface area contributed by atoms with E-state index in [-0.39, 0.29) is 6.09 Å². The molecule has 0 radical (unpaired) electrons. The summed E-state index contributed by atoms with van der Waals surface area (Å²) in [5, 5.41) is 3.53. The van der Waals surface area contributed by atoms with Crippen molar-refractivity contribution < 1.29 is 9.53 Å². The van der Waals surface area contributed by atoms with Crippen molar-refractivity contribution in [2.75, 3.05) is 19.6 Å². The normalized spacial score (nSPS) is 16.4. The Morgan fingerprint density at radius 2 is 2.04 bits per heavy atom. The summed E-state index contributed by atoms with van der Waals surface area (Å²) in [5.74, 6) is 0.626. The van der Waals surface area contributed by atoms with Gasteiger partial charge in [-0.15, -0.1) is 0 Å². The zero-order chi connectivity index (χ0) is 16.9. The van der Waals surface area contributed by atoms with Gasteiger partial charge in [-0.25, -0.2) is 4.79 Å². The van der Waals surface area contributed by atoms with Gasteiger partial charge in [0, 0.05) is 24.1 Å². The number of carbonyl (C=O) groups is 1. The summed E-state index contributed by atoms with van der Waals surface area (Å²) in [4.78, 5) is 13.9. The third-order valence-electron chi connectivity index (χ3n) is 3.92. The number of amides is 1. The standard InChI is InChI=1S/C18H27BrN2O2/c1-18(2,3)23-17(22)21-9-7-14(8-10-21)12-20-13-15-5-4-6-16(19)11-15/h4-6,11,14,20H,7-10,12-13H2,1-3H3. The minimum absolute atomic E-state index is 0.182. The molecule has 1 aliphatic heterocycles. The number of benzene rings is 1. The summed E-state index contributed by atoms with van der Waals surface area (Å²) < 4.78 is 6.54. The fraction of sp³-hybridized carbons (Fsp3) is 0.611. The fourth-order valence-electron chi connectivity index (χ4n) is 2.71. The SMILES string of the molecule is CC(C)(C)OC(=O)N1CCC(CNCc2cccc(Br)c2)CC1.